The van der Waals surface area contributed by atoms with Gasteiger partial charge in [0.15, 0.2) is 36.2 Å². The first kappa shape index (κ1) is 50.2. The fourth-order valence-electron chi connectivity index (χ4n) is 7.99. The maximum absolute atomic E-state index is 14.1. The number of hydroxylamine groups is 1. The van der Waals surface area contributed by atoms with Crippen LogP contribution in [0.15, 0.2) is 34.9 Å². The van der Waals surface area contributed by atoms with Crippen LogP contribution in [0.25, 0.3) is 0 Å². The van der Waals surface area contributed by atoms with Crippen molar-refractivity contribution in [1.82, 2.24) is 5.48 Å². The molecule has 3 fully saturated rings. The summed E-state index contributed by atoms with van der Waals surface area (Å²) in [6.45, 7) is 7.53. The van der Waals surface area contributed by atoms with E-state index in [1.165, 1.54) is 14.2 Å². The number of benzene rings is 1. The number of carbonyl (C=O) groups is 2. The molecular weight excluding hydrogens is 1010 g/mol. The van der Waals surface area contributed by atoms with Crippen LogP contribution in [0.4, 0.5) is 0 Å². The zero-order valence-electron chi connectivity index (χ0n) is 36.0. The molecule has 0 bridgehead atoms. The summed E-state index contributed by atoms with van der Waals surface area (Å²) in [6, 6.07) is -0.963. The van der Waals surface area contributed by atoms with Crippen LogP contribution in [0.1, 0.15) is 68.8 Å². The van der Waals surface area contributed by atoms with Crippen LogP contribution in [0, 0.1) is 40.1 Å². The Bertz CT molecular complexity index is 2230. The van der Waals surface area contributed by atoms with E-state index in [1.54, 1.807) is 39.8 Å². The lowest BCUT2D eigenvalue weighted by Crippen LogP contribution is -2.63. The third-order valence-electron chi connectivity index (χ3n) is 11.4. The van der Waals surface area contributed by atoms with Gasteiger partial charge in [0.2, 0.25) is 10.9 Å². The van der Waals surface area contributed by atoms with Crippen molar-refractivity contribution in [2.24, 2.45) is 5.92 Å². The second-order valence-corrected chi connectivity index (χ2v) is 25.4. The van der Waals surface area contributed by atoms with E-state index in [-0.39, 0.29) is 40.8 Å². The number of aliphatic hydroxyl groups is 3. The monoisotopic (exact) mass is 1060 g/mol. The number of Topliss-reactive ketones (excluding diaryl/α,β-unsaturated/α-hetero) is 1. The van der Waals surface area contributed by atoms with Gasteiger partial charge in [0, 0.05) is 36.2 Å². The first-order valence-corrected chi connectivity index (χ1v) is 26.6. The Morgan fingerprint density at radius 2 is 1.76 bits per heavy atom. The predicted octanol–water partition coefficient (Wildman–Crippen LogP) is 4.12. The van der Waals surface area contributed by atoms with Crippen molar-refractivity contribution in [2.45, 2.75) is 127 Å². The molecule has 0 saturated carbocycles. The average Bonchev–Trinajstić information content (AvgIpc) is 3.34. The third-order valence-corrected chi connectivity index (χ3v) is 15.7. The van der Waals surface area contributed by atoms with Gasteiger partial charge in [-0.15, -0.1) is 0 Å². The number of carbonyl (C=O) groups excluding carboxylic acids is 2. The maximum atomic E-state index is 14.1. The second kappa shape index (κ2) is 22.1. The number of thioether (sulfide) groups is 1. The molecule has 0 radical (unpaired) electrons. The molecule has 0 amide bonds. The molecule has 5 unspecified atom stereocenters. The number of ether oxygens (including phenoxy) is 7. The smallest absolute Gasteiger partial charge is 0.224 e. The van der Waals surface area contributed by atoms with Crippen LogP contribution < -0.4 is 19.7 Å². The fourth-order valence-corrected chi connectivity index (χ4v) is 10.7. The number of hydrogen-bond donors (Lipinski definition) is 4. The zero-order chi connectivity index (χ0) is 45.7. The lowest BCUT2D eigenvalue weighted by atomic mass is 9.75. The molecule has 1 aromatic carbocycles. The van der Waals surface area contributed by atoms with Gasteiger partial charge in [0.05, 0.1) is 65.5 Å². The van der Waals surface area contributed by atoms with E-state index in [0.29, 0.717) is 38.4 Å². The number of allylic oxidation sites excluding steroid dienone is 3. The van der Waals surface area contributed by atoms with Crippen molar-refractivity contribution in [1.29, 1.82) is 0 Å². The van der Waals surface area contributed by atoms with Crippen molar-refractivity contribution < 1.29 is 62.9 Å². The Balaban J connectivity index is 1.10. The van der Waals surface area contributed by atoms with Crippen molar-refractivity contribution >= 4 is 74.8 Å². The van der Waals surface area contributed by atoms with E-state index in [9.17, 15) is 24.9 Å². The second-order valence-electron chi connectivity index (χ2n) is 16.0. The molecule has 14 nitrogen and oxygen atoms in total. The van der Waals surface area contributed by atoms with Gasteiger partial charge in [-0.05, 0) is 109 Å². The summed E-state index contributed by atoms with van der Waals surface area (Å²) < 4.78 is 42.9. The molecule has 1 aromatic rings. The van der Waals surface area contributed by atoms with E-state index in [1.807, 2.05) is 12.3 Å². The van der Waals surface area contributed by atoms with Crippen LogP contribution in [0.5, 0.6) is 17.2 Å². The van der Waals surface area contributed by atoms with E-state index in [0.717, 1.165) is 36.6 Å². The van der Waals surface area contributed by atoms with E-state index in [2.05, 4.69) is 51.8 Å². The third kappa shape index (κ3) is 11.9. The highest BCUT2D eigenvalue weighted by atomic mass is 127. The van der Waals surface area contributed by atoms with Crippen molar-refractivity contribution in [2.75, 3.05) is 32.8 Å². The molecule has 4 N–H and O–H groups in total. The van der Waals surface area contributed by atoms with Gasteiger partial charge >= 0.3 is 0 Å². The molecule has 5 aliphatic rings. The van der Waals surface area contributed by atoms with Gasteiger partial charge in [-0.2, -0.15) is 5.48 Å². The molecule has 19 heteroatoms. The van der Waals surface area contributed by atoms with Gasteiger partial charge in [0.1, 0.15) is 18.3 Å². The summed E-state index contributed by atoms with van der Waals surface area (Å²) in [4.78, 5) is 33.0. The SMILES string of the molecule is COc1c(OC2CCCCO2)c(I)c(C)c(C(=O)S[C@@H]2C(C)O[C@@H](ON[C@@H]3C(C)O[C@@H](O[C@H]4C#C/C=C\C#CC5=C(C)C(=O)C/C(=C/CS(C)(=S)=S)C54)C(O)[C@H]3O)C[C@H]2O)c1OC. The lowest BCUT2D eigenvalue weighted by molar-refractivity contribution is -0.304. The molecule has 344 valence electrons. The number of nitrogens with one attached hydrogen (secondary N) is 1. The topological polar surface area (TPSA) is 181 Å². The highest BCUT2D eigenvalue weighted by Crippen LogP contribution is 2.48. The number of ketones is 1. The Hall–Kier alpha value is -2.19. The molecule has 0 spiro atoms. The van der Waals surface area contributed by atoms with Crippen LogP contribution in [-0.4, -0.2) is 126 Å². The first-order valence-electron chi connectivity index (χ1n) is 20.6. The Labute approximate surface area is 396 Å². The van der Waals surface area contributed by atoms with E-state index in [4.69, 9.17) is 60.4 Å². The summed E-state index contributed by atoms with van der Waals surface area (Å²) in [6.07, 6.45) is 0.428. The molecule has 12 atom stereocenters. The number of fused-ring (bicyclic) bond motifs is 1. The molecule has 6 rings (SSSR count). The van der Waals surface area contributed by atoms with Crippen LogP contribution >= 0.6 is 34.4 Å². The minimum atomic E-state index is -1.77. The van der Waals surface area contributed by atoms with Crippen LogP contribution in [-0.2, 0) is 58.1 Å². The van der Waals surface area contributed by atoms with Crippen molar-refractivity contribution in [3.63, 3.8) is 0 Å². The number of rotatable bonds is 13. The van der Waals surface area contributed by atoms with E-state index >= 15 is 0 Å². The first-order chi connectivity index (χ1) is 29.9. The minimum Gasteiger partial charge on any atom is -0.492 e. The lowest BCUT2D eigenvalue weighted by Gasteiger charge is -2.44. The van der Waals surface area contributed by atoms with Crippen molar-refractivity contribution in [3.8, 4) is 40.9 Å². The number of hydrogen-bond acceptors (Lipinski definition) is 17. The summed E-state index contributed by atoms with van der Waals surface area (Å²) in [7, 11) is 1.17. The average molecular weight is 1060 g/mol. The highest BCUT2D eigenvalue weighted by Gasteiger charge is 2.47. The number of halogens is 1. The largest absolute Gasteiger partial charge is 0.492 e. The normalized spacial score (nSPS) is 33.4. The van der Waals surface area contributed by atoms with Crippen molar-refractivity contribution in [3.05, 3.63) is 49.6 Å². The zero-order valence-corrected chi connectivity index (χ0v) is 41.5. The predicted molar refractivity (Wildman–Crippen MR) is 253 cm³/mol. The fraction of sp³-hybridized carbons (Fsp3) is 0.591. The van der Waals surface area contributed by atoms with Gasteiger partial charge in [-0.1, -0.05) is 54.2 Å². The Kier molecular flexibility index (Phi) is 17.6. The number of methoxy groups -OCH3 is 2. The Morgan fingerprint density at radius 1 is 1.03 bits per heavy atom. The molecular formula is C44H54INO13S4. The standard InChI is InChI=1S/C44H54INO13S4/c1-22-27-14-10-8-9-11-15-30(34(27)26(20-28(22)47)17-19-63(7,60)61)57-44-38(50)37(49)36(24(3)56-44)46-59-32-21-29(48)42(25(4)55-32)62-43(51)33-23(2)35(45)40(41(53-6)39(33)52-5)58-31-16-12-13-18-54-31/h8-9,17,24-25,29-32,34,36-38,42,44,46,48-50H,12-13,16,18-21H2,1-7H3/b9-8-,26-17-/t24?,25?,29-,30+,31?,32+,34?,36-,37+,38?,42-,44+/m1/s1. The summed E-state index contributed by atoms with van der Waals surface area (Å²) >= 11 is 14.1. The molecule has 0 aromatic heterocycles. The molecule has 3 saturated heterocycles. The molecule has 63 heavy (non-hydrogen) atoms. The van der Waals surface area contributed by atoms with Gasteiger partial charge in [-0.25, -0.2) is 0 Å². The summed E-state index contributed by atoms with van der Waals surface area (Å²) in [5.74, 6) is 12.8. The highest BCUT2D eigenvalue weighted by molar-refractivity contribution is 14.1. The van der Waals surface area contributed by atoms with Crippen LogP contribution in [0.3, 0.4) is 0 Å². The summed E-state index contributed by atoms with van der Waals surface area (Å²) in [5.41, 5.74) is 5.47. The van der Waals surface area contributed by atoms with Gasteiger partial charge in [-0.3, -0.25) is 14.4 Å². The minimum absolute atomic E-state index is 0.0238. The molecule has 2 aliphatic carbocycles. The quantitative estimate of drug-likeness (QED) is 0.0959. The molecule has 3 aliphatic heterocycles. The van der Waals surface area contributed by atoms with Gasteiger partial charge in [0.25, 0.3) is 0 Å². The molecule has 3 heterocycles. The number of aliphatic hydroxyl groups excluding tert-OH is 3. The van der Waals surface area contributed by atoms with Gasteiger partial charge < -0.3 is 48.5 Å². The Morgan fingerprint density at radius 3 is 2.43 bits per heavy atom. The summed E-state index contributed by atoms with van der Waals surface area (Å²) in [5, 5.41) is 33.2. The van der Waals surface area contributed by atoms with E-state index < -0.39 is 79.9 Å². The van der Waals surface area contributed by atoms with Crippen LogP contribution in [0.2, 0.25) is 0 Å². The maximum Gasteiger partial charge on any atom is 0.224 e.